The maximum atomic E-state index is 11.7. The fraction of sp³-hybridized carbons (Fsp3) is 0.182. The highest BCUT2D eigenvalue weighted by Crippen LogP contribution is 2.12. The molecule has 0 fully saturated rings. The van der Waals surface area contributed by atoms with Crippen LogP contribution in [-0.4, -0.2) is 5.11 Å². The van der Waals surface area contributed by atoms with Crippen molar-refractivity contribution in [2.45, 2.75) is 13.5 Å². The molecular formula is C11H10O3. The zero-order chi connectivity index (χ0) is 10.1. The zero-order valence-electron chi connectivity index (χ0n) is 7.78. The lowest BCUT2D eigenvalue weighted by Gasteiger charge is -1.99. The monoisotopic (exact) mass is 190 g/mol. The topological polar surface area (TPSA) is 50.4 Å². The van der Waals surface area contributed by atoms with Gasteiger partial charge >= 0.3 is 0 Å². The summed E-state index contributed by atoms with van der Waals surface area (Å²) in [5.41, 5.74) is 1.69. The molecule has 3 heteroatoms. The second-order valence-corrected chi connectivity index (χ2v) is 3.25. The van der Waals surface area contributed by atoms with Crippen molar-refractivity contribution in [3.63, 3.8) is 0 Å². The van der Waals surface area contributed by atoms with Crippen LogP contribution in [0.2, 0.25) is 0 Å². The molecule has 0 saturated carbocycles. The first-order valence-electron chi connectivity index (χ1n) is 4.34. The zero-order valence-corrected chi connectivity index (χ0v) is 7.78. The molecule has 1 heterocycles. The molecule has 1 aromatic carbocycles. The number of fused-ring (bicyclic) bond motifs is 1. The van der Waals surface area contributed by atoms with Crippen LogP contribution in [0.5, 0.6) is 0 Å². The molecule has 0 amide bonds. The SMILES string of the molecule is Cc1ccc2occ(CO)c(=O)c2c1. The molecule has 0 radical (unpaired) electrons. The summed E-state index contributed by atoms with van der Waals surface area (Å²) in [6.07, 6.45) is 1.31. The van der Waals surface area contributed by atoms with Crippen molar-refractivity contribution in [3.8, 4) is 0 Å². The van der Waals surface area contributed by atoms with Gasteiger partial charge in [-0.3, -0.25) is 4.79 Å². The maximum absolute atomic E-state index is 11.7. The van der Waals surface area contributed by atoms with Crippen molar-refractivity contribution in [3.05, 3.63) is 45.8 Å². The van der Waals surface area contributed by atoms with Crippen molar-refractivity contribution in [1.82, 2.24) is 0 Å². The largest absolute Gasteiger partial charge is 0.464 e. The van der Waals surface area contributed by atoms with Gasteiger partial charge in [0.2, 0.25) is 0 Å². The van der Waals surface area contributed by atoms with Crippen LogP contribution in [0, 0.1) is 6.92 Å². The minimum absolute atomic E-state index is 0.155. The number of hydrogen-bond acceptors (Lipinski definition) is 3. The lowest BCUT2D eigenvalue weighted by molar-refractivity contribution is 0.277. The van der Waals surface area contributed by atoms with Crippen LogP contribution in [0.4, 0.5) is 0 Å². The van der Waals surface area contributed by atoms with Gasteiger partial charge in [-0.1, -0.05) is 11.6 Å². The van der Waals surface area contributed by atoms with Gasteiger partial charge in [0.25, 0.3) is 0 Å². The van der Waals surface area contributed by atoms with E-state index in [0.717, 1.165) is 5.56 Å². The highest BCUT2D eigenvalue weighted by Gasteiger charge is 2.05. The number of aryl methyl sites for hydroxylation is 1. The average molecular weight is 190 g/mol. The number of hydrogen-bond donors (Lipinski definition) is 1. The Bertz CT molecular complexity index is 526. The molecule has 0 saturated heterocycles. The molecule has 0 atom stereocenters. The van der Waals surface area contributed by atoms with Crippen LogP contribution in [0.1, 0.15) is 11.1 Å². The van der Waals surface area contributed by atoms with Crippen LogP contribution >= 0.6 is 0 Å². The molecule has 0 unspecified atom stereocenters. The summed E-state index contributed by atoms with van der Waals surface area (Å²) in [6.45, 7) is 1.62. The Morgan fingerprint density at radius 2 is 2.21 bits per heavy atom. The first kappa shape index (κ1) is 8.97. The summed E-state index contributed by atoms with van der Waals surface area (Å²) < 4.78 is 5.21. The van der Waals surface area contributed by atoms with Crippen LogP contribution in [-0.2, 0) is 6.61 Å². The summed E-state index contributed by atoms with van der Waals surface area (Å²) in [5.74, 6) is 0. The van der Waals surface area contributed by atoms with Crippen LogP contribution in [0.15, 0.2) is 33.7 Å². The van der Waals surface area contributed by atoms with Crippen molar-refractivity contribution < 1.29 is 9.52 Å². The molecule has 14 heavy (non-hydrogen) atoms. The molecule has 72 valence electrons. The molecule has 2 aromatic rings. The Morgan fingerprint density at radius 3 is 2.93 bits per heavy atom. The molecule has 3 nitrogen and oxygen atoms in total. The minimum Gasteiger partial charge on any atom is -0.464 e. The lowest BCUT2D eigenvalue weighted by atomic mass is 10.1. The molecule has 2 rings (SSSR count). The molecule has 1 aromatic heterocycles. The molecule has 0 aliphatic heterocycles. The van der Waals surface area contributed by atoms with Gasteiger partial charge in [0.05, 0.1) is 17.6 Å². The number of aliphatic hydroxyl groups excluding tert-OH is 1. The summed E-state index contributed by atoms with van der Waals surface area (Å²) in [4.78, 5) is 11.7. The molecule has 0 aliphatic rings. The van der Waals surface area contributed by atoms with E-state index in [1.54, 1.807) is 12.1 Å². The van der Waals surface area contributed by atoms with E-state index >= 15 is 0 Å². The van der Waals surface area contributed by atoms with E-state index in [9.17, 15) is 4.79 Å². The van der Waals surface area contributed by atoms with Crippen LogP contribution < -0.4 is 5.43 Å². The van der Waals surface area contributed by atoms with E-state index in [4.69, 9.17) is 9.52 Å². The minimum atomic E-state index is -0.286. The van der Waals surface area contributed by atoms with Gasteiger partial charge in [-0.2, -0.15) is 0 Å². The van der Waals surface area contributed by atoms with Gasteiger partial charge in [0.1, 0.15) is 11.8 Å². The van der Waals surface area contributed by atoms with Gasteiger partial charge in [-0.25, -0.2) is 0 Å². The molecule has 0 spiro atoms. The van der Waals surface area contributed by atoms with Gasteiger partial charge in [-0.15, -0.1) is 0 Å². The Labute approximate surface area is 80.6 Å². The maximum Gasteiger partial charge on any atom is 0.198 e. The van der Waals surface area contributed by atoms with Gasteiger partial charge in [-0.05, 0) is 19.1 Å². The third-order valence-corrected chi connectivity index (χ3v) is 2.17. The van der Waals surface area contributed by atoms with Crippen molar-refractivity contribution in [1.29, 1.82) is 0 Å². The molecular weight excluding hydrogens is 180 g/mol. The highest BCUT2D eigenvalue weighted by atomic mass is 16.3. The predicted octanol–water partition coefficient (Wildman–Crippen LogP) is 1.59. The fourth-order valence-electron chi connectivity index (χ4n) is 1.39. The van der Waals surface area contributed by atoms with E-state index in [1.807, 2.05) is 13.0 Å². The Hall–Kier alpha value is -1.61. The fourth-order valence-corrected chi connectivity index (χ4v) is 1.39. The number of aliphatic hydroxyl groups is 1. The summed E-state index contributed by atoms with van der Waals surface area (Å²) in [7, 11) is 0. The Morgan fingerprint density at radius 1 is 1.43 bits per heavy atom. The van der Waals surface area contributed by atoms with Crippen molar-refractivity contribution in [2.75, 3.05) is 0 Å². The van der Waals surface area contributed by atoms with Crippen LogP contribution in [0.3, 0.4) is 0 Å². The van der Waals surface area contributed by atoms with Gasteiger partial charge < -0.3 is 9.52 Å². The average Bonchev–Trinajstić information content (AvgIpc) is 2.20. The second-order valence-electron chi connectivity index (χ2n) is 3.25. The normalized spacial score (nSPS) is 10.7. The molecule has 1 N–H and O–H groups in total. The standard InChI is InChI=1S/C11H10O3/c1-7-2-3-10-9(4-7)11(13)8(5-12)6-14-10/h2-4,6,12H,5H2,1H3. The van der Waals surface area contributed by atoms with Crippen LogP contribution in [0.25, 0.3) is 11.0 Å². The first-order chi connectivity index (χ1) is 6.72. The Kier molecular flexibility index (Phi) is 2.09. The summed E-state index contributed by atoms with van der Waals surface area (Å²) >= 11 is 0. The van der Waals surface area contributed by atoms with E-state index < -0.39 is 0 Å². The second kappa shape index (κ2) is 3.27. The lowest BCUT2D eigenvalue weighted by Crippen LogP contribution is -2.08. The van der Waals surface area contributed by atoms with Gasteiger partial charge in [0, 0.05) is 0 Å². The van der Waals surface area contributed by atoms with E-state index in [2.05, 4.69) is 0 Å². The first-order valence-corrected chi connectivity index (χ1v) is 4.34. The number of benzene rings is 1. The van der Waals surface area contributed by atoms with E-state index in [1.165, 1.54) is 6.26 Å². The smallest absolute Gasteiger partial charge is 0.198 e. The third-order valence-electron chi connectivity index (χ3n) is 2.17. The summed E-state index contributed by atoms with van der Waals surface area (Å²) in [5, 5.41) is 9.41. The van der Waals surface area contributed by atoms with Crippen molar-refractivity contribution >= 4 is 11.0 Å². The molecule has 0 bridgehead atoms. The third kappa shape index (κ3) is 1.32. The van der Waals surface area contributed by atoms with E-state index in [-0.39, 0.29) is 12.0 Å². The van der Waals surface area contributed by atoms with E-state index in [0.29, 0.717) is 16.5 Å². The quantitative estimate of drug-likeness (QED) is 0.742. The predicted molar refractivity (Wildman–Crippen MR) is 53.1 cm³/mol. The highest BCUT2D eigenvalue weighted by molar-refractivity contribution is 5.77. The Balaban J connectivity index is 2.87. The number of rotatable bonds is 1. The molecule has 0 aliphatic carbocycles. The summed E-state index contributed by atoms with van der Waals surface area (Å²) in [6, 6.07) is 5.40. The van der Waals surface area contributed by atoms with Gasteiger partial charge in [0.15, 0.2) is 5.43 Å². The van der Waals surface area contributed by atoms with Crippen molar-refractivity contribution in [2.24, 2.45) is 0 Å².